The number of hydrogen-bond acceptors (Lipinski definition) is 10. The maximum Gasteiger partial charge on any atom is 0.164 e. The molecule has 0 saturated heterocycles. The molecule has 0 aliphatic carbocycles. The van der Waals surface area contributed by atoms with E-state index < -0.39 is 0 Å². The van der Waals surface area contributed by atoms with Crippen LogP contribution >= 0.6 is 22.7 Å². The van der Waals surface area contributed by atoms with Crippen molar-refractivity contribution in [2.45, 2.75) is 0 Å². The van der Waals surface area contributed by atoms with Crippen LogP contribution in [0.15, 0.2) is 506 Å². The van der Waals surface area contributed by atoms with Crippen LogP contribution in [0.4, 0.5) is 0 Å². The maximum atomic E-state index is 6.82. The van der Waals surface area contributed by atoms with E-state index in [-0.39, 0.29) is 0 Å². The molecule has 6 aromatic heterocycles. The molecule has 21 aromatic carbocycles. The van der Waals surface area contributed by atoms with Crippen LogP contribution in [0, 0.1) is 0 Å². The summed E-state index contributed by atoms with van der Waals surface area (Å²) in [4.78, 5) is 31.6. The monoisotopic (exact) mass is 1850 g/mol. The highest BCUT2D eigenvalue weighted by Gasteiger charge is 2.27. The van der Waals surface area contributed by atoms with E-state index >= 15 is 0 Å². The minimum absolute atomic E-state index is 0.574. The summed E-state index contributed by atoms with van der Waals surface area (Å²) in [5.74, 6) is 3.53. The average molecular weight is 1850 g/mol. The third kappa shape index (κ3) is 15.5. The fraction of sp³-hybridized carbons (Fsp3) is 0. The highest BCUT2D eigenvalue weighted by Crippen LogP contribution is 2.52. The van der Waals surface area contributed by atoms with Gasteiger partial charge in [-0.2, -0.15) is 0 Å². The second-order valence-corrected chi connectivity index (χ2v) is 37.7. The number of furan rings is 2. The Morgan fingerprint density at radius 3 is 0.880 bits per heavy atom. The zero-order valence-electron chi connectivity index (χ0n) is 76.7. The summed E-state index contributed by atoms with van der Waals surface area (Å²) in [5.41, 5.74) is 33.9. The van der Waals surface area contributed by atoms with Gasteiger partial charge in [0, 0.05) is 106 Å². The van der Waals surface area contributed by atoms with Crippen molar-refractivity contribution >= 4 is 107 Å². The molecule has 6 heterocycles. The number of rotatable bonds is 17. The molecular formula is C132H82N6O2S2. The summed E-state index contributed by atoms with van der Waals surface area (Å²) < 4.78 is 18.5. The van der Waals surface area contributed by atoms with E-state index in [1.165, 1.54) is 84.9 Å². The van der Waals surface area contributed by atoms with Crippen LogP contribution in [0.1, 0.15) is 0 Å². The van der Waals surface area contributed by atoms with E-state index in [9.17, 15) is 0 Å². The van der Waals surface area contributed by atoms with Crippen LogP contribution in [0.25, 0.3) is 275 Å². The Morgan fingerprint density at radius 2 is 0.401 bits per heavy atom. The van der Waals surface area contributed by atoms with Crippen molar-refractivity contribution in [1.29, 1.82) is 0 Å². The van der Waals surface area contributed by atoms with Gasteiger partial charge < -0.3 is 8.83 Å². The highest BCUT2D eigenvalue weighted by atomic mass is 32.1. The van der Waals surface area contributed by atoms with Crippen LogP contribution in [-0.4, -0.2) is 29.9 Å². The molecular weight excluding hydrogens is 1770 g/mol. The molecule has 0 unspecified atom stereocenters. The lowest BCUT2D eigenvalue weighted by Gasteiger charge is -2.17. The van der Waals surface area contributed by atoms with Crippen molar-refractivity contribution in [3.63, 3.8) is 0 Å². The molecule has 0 atom stereocenters. The molecule has 27 rings (SSSR count). The summed E-state index contributed by atoms with van der Waals surface area (Å²) in [6.07, 6.45) is 0. The Kier molecular flexibility index (Phi) is 21.5. The number of hydrogen-bond donors (Lipinski definition) is 0. The van der Waals surface area contributed by atoms with Crippen molar-refractivity contribution in [3.05, 3.63) is 497 Å². The molecule has 0 fully saturated rings. The van der Waals surface area contributed by atoms with Gasteiger partial charge in [-0.1, -0.05) is 449 Å². The minimum atomic E-state index is 0.574. The third-order valence-electron chi connectivity index (χ3n) is 27.2. The Balaban J connectivity index is 0.000000146. The second-order valence-electron chi connectivity index (χ2n) is 35.7. The predicted molar refractivity (Wildman–Crippen MR) is 592 cm³/mol. The molecule has 142 heavy (non-hydrogen) atoms. The first-order valence-corrected chi connectivity index (χ1v) is 49.4. The van der Waals surface area contributed by atoms with E-state index in [1.807, 2.05) is 95.5 Å². The molecule has 0 radical (unpaired) electrons. The molecule has 0 saturated carbocycles. The van der Waals surface area contributed by atoms with Gasteiger partial charge in [0.15, 0.2) is 34.9 Å². The molecule has 10 heteroatoms. The number of nitrogens with zero attached hydrogens (tertiary/aromatic N) is 6. The molecule has 27 aromatic rings. The number of thiophene rings is 2. The molecule has 0 spiro atoms. The minimum Gasteiger partial charge on any atom is -0.456 e. The number of benzene rings is 21. The van der Waals surface area contributed by atoms with Crippen LogP contribution in [0.5, 0.6) is 0 Å². The molecule has 0 bridgehead atoms. The van der Waals surface area contributed by atoms with Gasteiger partial charge in [-0.3, -0.25) is 0 Å². The summed E-state index contributed by atoms with van der Waals surface area (Å²) in [7, 11) is 0. The lowest BCUT2D eigenvalue weighted by molar-refractivity contribution is 0.669. The van der Waals surface area contributed by atoms with Crippen LogP contribution in [0.2, 0.25) is 0 Å². The number of fused-ring (bicyclic) bond motifs is 12. The first-order chi connectivity index (χ1) is 70.4. The molecule has 8 nitrogen and oxygen atoms in total. The fourth-order valence-corrected chi connectivity index (χ4v) is 23.1. The molecule has 0 N–H and O–H groups in total. The van der Waals surface area contributed by atoms with Gasteiger partial charge in [0.1, 0.15) is 22.3 Å². The standard InChI is InChI=1S/C69H43N3OS.C63H39N3OS/c1-5-18-44(19-6-1)54-42-60(47-22-9-3-10-23-47)64-61(43-54)63-59(34-17-35-62(63)73-64)69-71-67(49-24-11-4-12-25-49)70-68(72-69)53-29-14-28-52(41-53)51-27-13-26-50(40-51)45-36-38-48(39-37-45)56-31-16-33-58-57-32-15-30-55(65(57)74-66(56)58)46-20-7-2-8-21-46;1-4-19-40(20-5-1)43-37-38-56-55(39-43)58-54(35-18-36-57(58)67-56)63-65-61(42-23-8-3-9-24-42)64-62(66-63)53-30-15-14-29-49(53)47-27-11-10-25-45(47)46-26-12-13-28-48(46)50-32-17-34-52-51-33-16-31-44(59(51)68-60(50)52)41-21-6-2-7-22-41/h1-43H;1-39H. The van der Waals surface area contributed by atoms with E-state index in [2.05, 4.69) is 425 Å². The van der Waals surface area contributed by atoms with E-state index in [0.717, 1.165) is 155 Å². The Morgan fingerprint density at radius 1 is 0.134 bits per heavy atom. The van der Waals surface area contributed by atoms with Gasteiger partial charge in [0.25, 0.3) is 0 Å². The second kappa shape index (κ2) is 36.3. The van der Waals surface area contributed by atoms with Crippen molar-refractivity contribution in [1.82, 2.24) is 29.9 Å². The Hall–Kier alpha value is -18.3. The summed E-state index contributed by atoms with van der Waals surface area (Å²) in [6, 6.07) is 176. The molecule has 0 aliphatic rings. The predicted octanol–water partition coefficient (Wildman–Crippen LogP) is 36.6. The van der Waals surface area contributed by atoms with E-state index in [0.29, 0.717) is 34.9 Å². The molecule has 664 valence electrons. The lowest BCUT2D eigenvalue weighted by atomic mass is 9.87. The Bertz CT molecular complexity index is 9520. The maximum absolute atomic E-state index is 6.82. The first kappa shape index (κ1) is 84.2. The van der Waals surface area contributed by atoms with Crippen molar-refractivity contribution in [2.75, 3.05) is 0 Å². The highest BCUT2D eigenvalue weighted by molar-refractivity contribution is 7.27. The van der Waals surface area contributed by atoms with Crippen molar-refractivity contribution in [2.24, 2.45) is 0 Å². The van der Waals surface area contributed by atoms with Crippen LogP contribution < -0.4 is 0 Å². The van der Waals surface area contributed by atoms with Crippen molar-refractivity contribution in [3.8, 4) is 191 Å². The Labute approximate surface area is 827 Å². The van der Waals surface area contributed by atoms with Gasteiger partial charge in [0.2, 0.25) is 0 Å². The van der Waals surface area contributed by atoms with Crippen LogP contribution in [0.3, 0.4) is 0 Å². The van der Waals surface area contributed by atoms with Gasteiger partial charge in [0.05, 0.1) is 0 Å². The zero-order chi connectivity index (χ0) is 93.9. The van der Waals surface area contributed by atoms with E-state index in [1.54, 1.807) is 0 Å². The summed E-state index contributed by atoms with van der Waals surface area (Å²) in [6.45, 7) is 0. The molecule has 0 amide bonds. The topological polar surface area (TPSA) is 104 Å². The van der Waals surface area contributed by atoms with E-state index in [4.69, 9.17) is 38.7 Å². The lowest BCUT2D eigenvalue weighted by Crippen LogP contribution is -2.01. The van der Waals surface area contributed by atoms with Gasteiger partial charge in [-0.25, -0.2) is 29.9 Å². The normalized spacial score (nSPS) is 11.5. The fourth-order valence-electron chi connectivity index (χ4n) is 20.4. The van der Waals surface area contributed by atoms with Crippen LogP contribution in [-0.2, 0) is 0 Å². The van der Waals surface area contributed by atoms with Gasteiger partial charge in [-0.05, 0) is 160 Å². The van der Waals surface area contributed by atoms with Gasteiger partial charge in [-0.15, -0.1) is 22.7 Å². The summed E-state index contributed by atoms with van der Waals surface area (Å²) >= 11 is 3.77. The van der Waals surface area contributed by atoms with Crippen molar-refractivity contribution < 1.29 is 8.83 Å². The number of aromatic nitrogens is 6. The smallest absolute Gasteiger partial charge is 0.164 e. The molecule has 0 aliphatic heterocycles. The average Bonchev–Trinajstić information content (AvgIpc) is 1.61. The largest absolute Gasteiger partial charge is 0.456 e. The third-order valence-corrected chi connectivity index (χ3v) is 29.7. The van der Waals surface area contributed by atoms with Gasteiger partial charge >= 0.3 is 0 Å². The zero-order valence-corrected chi connectivity index (χ0v) is 78.3. The quantitative estimate of drug-likeness (QED) is 0.0888. The summed E-state index contributed by atoms with van der Waals surface area (Å²) in [5, 5.41) is 9.08. The first-order valence-electron chi connectivity index (χ1n) is 47.7. The SMILES string of the molecule is c1ccc(-c2cc(-c3ccccc3)c3oc4cccc(-c5nc(-c6ccccc6)nc(-c6cccc(-c7cccc(-c8ccc(-c9cccc%10c9sc9c(-c%11ccccc%11)cccc9%10)cc8)c7)c6)n5)c4c3c2)cc1.c1ccc(-c2ccc3oc4cccc(-c5nc(-c6ccccc6)nc(-c6ccccc6-c6ccccc6-c6ccccc6-c6cccc7c6sc6c(-c8ccccc8)cccc67)n5)c4c3c2)cc1.